The van der Waals surface area contributed by atoms with E-state index in [1.807, 2.05) is 6.92 Å². The van der Waals surface area contributed by atoms with Crippen LogP contribution in [0.25, 0.3) is 0 Å². The number of rotatable bonds is 3. The zero-order chi connectivity index (χ0) is 11.4. The molecule has 0 radical (unpaired) electrons. The summed E-state index contributed by atoms with van der Waals surface area (Å²) in [6, 6.07) is 1.36. The number of carbonyl (C=O) groups excluding carboxylic acids is 1. The zero-order valence-corrected chi connectivity index (χ0v) is 8.06. The fourth-order valence-electron chi connectivity index (χ4n) is 1.02. The van der Waals surface area contributed by atoms with E-state index in [9.17, 15) is 18.0 Å². The second kappa shape index (κ2) is 4.77. The molecule has 15 heavy (non-hydrogen) atoms. The second-order valence-corrected chi connectivity index (χ2v) is 2.93. The average molecular weight is 214 g/mol. The zero-order valence-electron chi connectivity index (χ0n) is 8.06. The minimum atomic E-state index is -1.56. The van der Waals surface area contributed by atoms with Crippen molar-refractivity contribution in [2.24, 2.45) is 0 Å². The van der Waals surface area contributed by atoms with E-state index >= 15 is 0 Å². The van der Waals surface area contributed by atoms with Crippen LogP contribution in [0.4, 0.5) is 13.2 Å². The summed E-state index contributed by atoms with van der Waals surface area (Å²) in [6.45, 7) is 1.82. The van der Waals surface area contributed by atoms with Crippen LogP contribution < -0.4 is 0 Å². The third-order valence-electron chi connectivity index (χ3n) is 1.77. The highest BCUT2D eigenvalue weighted by Crippen LogP contribution is 2.14. The van der Waals surface area contributed by atoms with Crippen molar-refractivity contribution < 1.29 is 18.0 Å². The Morgan fingerprint density at radius 1 is 1.27 bits per heavy atom. The molecule has 1 aromatic rings. The monoisotopic (exact) mass is 214 g/mol. The van der Waals surface area contributed by atoms with Crippen LogP contribution in [0.1, 0.15) is 23.7 Å². The smallest absolute Gasteiger partial charge is 0.194 e. The van der Waals surface area contributed by atoms with Gasteiger partial charge in [-0.2, -0.15) is 0 Å². The summed E-state index contributed by atoms with van der Waals surface area (Å²) in [5.41, 5.74) is -0.198. The summed E-state index contributed by atoms with van der Waals surface area (Å²) in [4.78, 5) is 11.3. The molecular weight excluding hydrogens is 205 g/mol. The Morgan fingerprint density at radius 3 is 2.27 bits per heavy atom. The van der Waals surface area contributed by atoms with E-state index in [4.69, 9.17) is 0 Å². The topological polar surface area (TPSA) is 17.1 Å². The van der Waals surface area contributed by atoms with Crippen LogP contribution in [0.15, 0.2) is 24.3 Å². The van der Waals surface area contributed by atoms with Crippen molar-refractivity contribution in [2.45, 2.75) is 13.3 Å². The van der Waals surface area contributed by atoms with Crippen molar-refractivity contribution in [1.82, 2.24) is 0 Å². The molecule has 0 spiro atoms. The van der Waals surface area contributed by atoms with Gasteiger partial charge in [0.2, 0.25) is 0 Å². The molecule has 4 heteroatoms. The van der Waals surface area contributed by atoms with E-state index in [0.717, 1.165) is 0 Å². The summed E-state index contributed by atoms with van der Waals surface area (Å²) in [5.74, 6) is -4.83. The number of benzene rings is 1. The van der Waals surface area contributed by atoms with Gasteiger partial charge < -0.3 is 0 Å². The lowest BCUT2D eigenvalue weighted by atomic mass is 10.1. The molecule has 0 unspecified atom stereocenters. The van der Waals surface area contributed by atoms with Crippen LogP contribution in [-0.4, -0.2) is 5.78 Å². The van der Waals surface area contributed by atoms with Gasteiger partial charge in [-0.25, -0.2) is 13.2 Å². The highest BCUT2D eigenvalue weighted by molar-refractivity contribution is 6.04. The van der Waals surface area contributed by atoms with E-state index in [-0.39, 0.29) is 5.56 Å². The van der Waals surface area contributed by atoms with Gasteiger partial charge in [0.1, 0.15) is 0 Å². The van der Waals surface area contributed by atoms with Crippen molar-refractivity contribution >= 4 is 5.78 Å². The molecule has 0 aromatic heterocycles. The van der Waals surface area contributed by atoms with E-state index in [1.165, 1.54) is 6.08 Å². The molecular formula is C11H9F3O. The number of carbonyl (C=O) groups is 1. The summed E-state index contributed by atoms with van der Waals surface area (Å²) < 4.78 is 38.0. The Kier molecular flexibility index (Phi) is 3.66. The van der Waals surface area contributed by atoms with Gasteiger partial charge in [-0.05, 0) is 24.6 Å². The molecule has 1 rings (SSSR count). The van der Waals surface area contributed by atoms with Crippen LogP contribution in [0.5, 0.6) is 0 Å². The number of halogens is 3. The molecule has 0 saturated carbocycles. The Hall–Kier alpha value is -1.58. The van der Waals surface area contributed by atoms with Crippen molar-refractivity contribution in [3.63, 3.8) is 0 Å². The van der Waals surface area contributed by atoms with Gasteiger partial charge >= 0.3 is 0 Å². The van der Waals surface area contributed by atoms with Gasteiger partial charge in [0.25, 0.3) is 0 Å². The summed E-state index contributed by atoms with van der Waals surface area (Å²) in [5, 5.41) is 0. The van der Waals surface area contributed by atoms with Gasteiger partial charge in [0.15, 0.2) is 23.2 Å². The Morgan fingerprint density at radius 2 is 1.80 bits per heavy atom. The standard InChI is InChI=1S/C11H9F3O/c1-2-3-4-10(15)7-5-8(12)11(14)9(13)6-7/h3-6H,2H2,1H3/b4-3+. The first-order valence-corrected chi connectivity index (χ1v) is 4.41. The molecule has 80 valence electrons. The lowest BCUT2D eigenvalue weighted by molar-refractivity contribution is 0.104. The maximum atomic E-state index is 12.7. The molecule has 0 bridgehead atoms. The Labute approximate surface area is 85.2 Å². The van der Waals surface area contributed by atoms with Crippen LogP contribution in [0, 0.1) is 17.5 Å². The van der Waals surface area contributed by atoms with E-state index in [1.54, 1.807) is 6.08 Å². The molecule has 0 heterocycles. The molecule has 0 fully saturated rings. The maximum absolute atomic E-state index is 12.7. The van der Waals surface area contributed by atoms with Gasteiger partial charge in [-0.15, -0.1) is 0 Å². The largest absolute Gasteiger partial charge is 0.289 e. The van der Waals surface area contributed by atoms with Gasteiger partial charge in [0, 0.05) is 5.56 Å². The highest BCUT2D eigenvalue weighted by atomic mass is 19.2. The lowest BCUT2D eigenvalue weighted by Gasteiger charge is -1.99. The van der Waals surface area contributed by atoms with Crippen molar-refractivity contribution in [3.05, 3.63) is 47.3 Å². The first-order valence-electron chi connectivity index (χ1n) is 4.41. The Bertz CT molecular complexity index is 387. The summed E-state index contributed by atoms with van der Waals surface area (Å²) >= 11 is 0. The SMILES string of the molecule is CC/C=C/C(=O)c1cc(F)c(F)c(F)c1. The summed E-state index contributed by atoms with van der Waals surface area (Å²) in [6.07, 6.45) is 3.39. The minimum Gasteiger partial charge on any atom is -0.289 e. The minimum absolute atomic E-state index is 0.198. The van der Waals surface area contributed by atoms with Crippen molar-refractivity contribution in [2.75, 3.05) is 0 Å². The lowest BCUT2D eigenvalue weighted by Crippen LogP contribution is -2.00. The number of hydrogen-bond acceptors (Lipinski definition) is 1. The summed E-state index contributed by atoms with van der Waals surface area (Å²) in [7, 11) is 0. The van der Waals surface area contributed by atoms with Gasteiger partial charge in [-0.1, -0.05) is 13.0 Å². The quantitative estimate of drug-likeness (QED) is 0.429. The van der Waals surface area contributed by atoms with Crippen molar-refractivity contribution in [1.29, 1.82) is 0 Å². The fraction of sp³-hybridized carbons (Fsp3) is 0.182. The Balaban J connectivity index is 3.06. The van der Waals surface area contributed by atoms with Crippen LogP contribution in [0.2, 0.25) is 0 Å². The molecule has 0 aliphatic carbocycles. The second-order valence-electron chi connectivity index (χ2n) is 2.93. The van der Waals surface area contributed by atoms with E-state index in [0.29, 0.717) is 18.6 Å². The predicted octanol–water partition coefficient (Wildman–Crippen LogP) is 3.25. The maximum Gasteiger partial charge on any atom is 0.194 e. The number of allylic oxidation sites excluding steroid dienone is 2. The molecule has 0 atom stereocenters. The average Bonchev–Trinajstić information content (AvgIpc) is 2.21. The molecule has 0 amide bonds. The molecule has 0 N–H and O–H groups in total. The predicted molar refractivity (Wildman–Crippen MR) is 50.1 cm³/mol. The first-order chi connectivity index (χ1) is 7.06. The first kappa shape index (κ1) is 11.5. The molecule has 0 aliphatic rings. The normalized spacial score (nSPS) is 10.9. The molecule has 1 aromatic carbocycles. The number of ketones is 1. The van der Waals surface area contributed by atoms with Crippen LogP contribution in [-0.2, 0) is 0 Å². The number of hydrogen-bond donors (Lipinski definition) is 0. The van der Waals surface area contributed by atoms with E-state index in [2.05, 4.69) is 0 Å². The highest BCUT2D eigenvalue weighted by Gasteiger charge is 2.13. The van der Waals surface area contributed by atoms with Gasteiger partial charge in [0.05, 0.1) is 0 Å². The van der Waals surface area contributed by atoms with Crippen LogP contribution in [0.3, 0.4) is 0 Å². The third-order valence-corrected chi connectivity index (χ3v) is 1.77. The van der Waals surface area contributed by atoms with E-state index < -0.39 is 23.2 Å². The van der Waals surface area contributed by atoms with Crippen molar-refractivity contribution in [3.8, 4) is 0 Å². The fourth-order valence-corrected chi connectivity index (χ4v) is 1.02. The van der Waals surface area contributed by atoms with Crippen LogP contribution >= 0.6 is 0 Å². The molecule has 0 saturated heterocycles. The molecule has 0 aliphatic heterocycles. The van der Waals surface area contributed by atoms with Gasteiger partial charge in [-0.3, -0.25) is 4.79 Å². The third kappa shape index (κ3) is 2.68. The molecule has 1 nitrogen and oxygen atoms in total.